The normalized spacial score (nSPS) is 29.2. The molecule has 4 N–H and O–H groups in total. The Morgan fingerprint density at radius 2 is 1.84 bits per heavy atom. The van der Waals surface area contributed by atoms with Gasteiger partial charge in [0.1, 0.15) is 24.4 Å². The zero-order valence-electron chi connectivity index (χ0n) is 18.0. The maximum absolute atomic E-state index is 11.3. The summed E-state index contributed by atoms with van der Waals surface area (Å²) in [4.78, 5) is 11.3. The molecule has 172 valence electrons. The molecule has 2 aliphatic heterocycles. The zero-order chi connectivity index (χ0) is 23.0. The minimum absolute atomic E-state index is 0.0368. The van der Waals surface area contributed by atoms with E-state index in [4.69, 9.17) is 21.1 Å². The quantitative estimate of drug-likeness (QED) is 0.540. The van der Waals surface area contributed by atoms with Crippen LogP contribution in [0.3, 0.4) is 0 Å². The van der Waals surface area contributed by atoms with Crippen molar-refractivity contribution in [3.8, 4) is 0 Å². The molecular formula is C24H28ClNO6. The van der Waals surface area contributed by atoms with Gasteiger partial charge in [-0.1, -0.05) is 42.8 Å². The van der Waals surface area contributed by atoms with Gasteiger partial charge in [-0.3, -0.25) is 4.79 Å². The van der Waals surface area contributed by atoms with E-state index in [1.165, 1.54) is 12.5 Å². The van der Waals surface area contributed by atoms with Gasteiger partial charge in [-0.2, -0.15) is 0 Å². The first kappa shape index (κ1) is 23.2. The predicted molar refractivity (Wildman–Crippen MR) is 118 cm³/mol. The summed E-state index contributed by atoms with van der Waals surface area (Å²) in [5, 5.41) is 35.0. The molecule has 1 spiro atoms. The molecule has 2 heterocycles. The van der Waals surface area contributed by atoms with Gasteiger partial charge in [-0.25, -0.2) is 0 Å². The van der Waals surface area contributed by atoms with Crippen molar-refractivity contribution in [1.29, 1.82) is 0 Å². The van der Waals surface area contributed by atoms with Crippen LogP contribution in [0.5, 0.6) is 0 Å². The van der Waals surface area contributed by atoms with E-state index in [2.05, 4.69) is 36.5 Å². The van der Waals surface area contributed by atoms with Gasteiger partial charge >= 0.3 is 0 Å². The fourth-order valence-corrected chi connectivity index (χ4v) is 4.61. The van der Waals surface area contributed by atoms with Crippen LogP contribution in [0.2, 0.25) is 5.02 Å². The Kier molecular flexibility index (Phi) is 6.58. The van der Waals surface area contributed by atoms with Crippen LogP contribution in [0.25, 0.3) is 0 Å². The number of nitrogens with one attached hydrogen (secondary N) is 1. The lowest BCUT2D eigenvalue weighted by Crippen LogP contribution is -2.64. The van der Waals surface area contributed by atoms with E-state index in [0.717, 1.165) is 23.1 Å². The van der Waals surface area contributed by atoms with E-state index in [1.807, 2.05) is 6.07 Å². The van der Waals surface area contributed by atoms with Crippen LogP contribution in [0.4, 0.5) is 0 Å². The van der Waals surface area contributed by atoms with Crippen molar-refractivity contribution in [3.05, 3.63) is 69.2 Å². The van der Waals surface area contributed by atoms with Crippen molar-refractivity contribution < 1.29 is 29.6 Å². The van der Waals surface area contributed by atoms with Crippen molar-refractivity contribution in [2.24, 2.45) is 0 Å². The molecule has 0 saturated carbocycles. The standard InChI is InChI=1S/C24H28ClNO6/c1-3-14-4-6-15(7-5-14)8-16-9-18-17(10-19(16)25)12-31-24(18)23(30)22(29)21(28)20(32-24)11-26-13(2)27/h4-7,9-10,20-23,28-30H,3,8,11-12H2,1-2H3,(H,26,27)/t20-,21-,22+,23-,24+/m1/s1. The molecule has 2 aromatic rings. The lowest BCUT2D eigenvalue weighted by Gasteiger charge is -2.46. The molecule has 7 nitrogen and oxygen atoms in total. The van der Waals surface area contributed by atoms with Crippen molar-refractivity contribution in [1.82, 2.24) is 5.32 Å². The van der Waals surface area contributed by atoms with Crippen LogP contribution in [-0.2, 0) is 39.5 Å². The van der Waals surface area contributed by atoms with Crippen LogP contribution in [0.15, 0.2) is 36.4 Å². The summed E-state index contributed by atoms with van der Waals surface area (Å²) in [6.07, 6.45) is -3.87. The molecular weight excluding hydrogens is 434 g/mol. The number of aliphatic hydroxyl groups is 3. The van der Waals surface area contributed by atoms with E-state index in [0.29, 0.717) is 17.0 Å². The van der Waals surface area contributed by atoms with Gasteiger partial charge in [-0.05, 0) is 47.2 Å². The first-order valence-corrected chi connectivity index (χ1v) is 11.1. The molecule has 0 aromatic heterocycles. The molecule has 32 heavy (non-hydrogen) atoms. The lowest BCUT2D eigenvalue weighted by molar-refractivity contribution is -0.364. The molecule has 0 unspecified atom stereocenters. The highest BCUT2D eigenvalue weighted by Crippen LogP contribution is 2.47. The maximum Gasteiger partial charge on any atom is 0.225 e. The molecule has 0 aliphatic carbocycles. The Labute approximate surface area is 191 Å². The van der Waals surface area contributed by atoms with Crippen LogP contribution < -0.4 is 5.32 Å². The van der Waals surface area contributed by atoms with E-state index in [1.54, 1.807) is 6.07 Å². The summed E-state index contributed by atoms with van der Waals surface area (Å²) in [6, 6.07) is 11.9. The van der Waals surface area contributed by atoms with Crippen molar-refractivity contribution in [3.63, 3.8) is 0 Å². The zero-order valence-corrected chi connectivity index (χ0v) is 18.8. The molecule has 4 rings (SSSR count). The van der Waals surface area contributed by atoms with Gasteiger partial charge in [0, 0.05) is 24.1 Å². The topological polar surface area (TPSA) is 108 Å². The monoisotopic (exact) mass is 461 g/mol. The summed E-state index contributed by atoms with van der Waals surface area (Å²) in [5.41, 5.74) is 4.46. The molecule has 2 aliphatic rings. The maximum atomic E-state index is 11.3. The highest BCUT2D eigenvalue weighted by Gasteiger charge is 2.58. The summed E-state index contributed by atoms with van der Waals surface area (Å²) < 4.78 is 11.9. The number of rotatable bonds is 5. The number of carbonyl (C=O) groups excluding carboxylic acids is 1. The number of fused-ring (bicyclic) bond motifs is 2. The van der Waals surface area contributed by atoms with Gasteiger partial charge in [0.2, 0.25) is 11.7 Å². The van der Waals surface area contributed by atoms with Gasteiger partial charge in [-0.15, -0.1) is 0 Å². The van der Waals surface area contributed by atoms with Gasteiger partial charge < -0.3 is 30.1 Å². The molecule has 0 radical (unpaired) electrons. The fourth-order valence-electron chi connectivity index (χ4n) is 4.36. The number of amides is 1. The molecule has 5 atom stereocenters. The Bertz CT molecular complexity index is 997. The number of hydrogen-bond donors (Lipinski definition) is 4. The number of hydrogen-bond acceptors (Lipinski definition) is 6. The number of benzene rings is 2. The van der Waals surface area contributed by atoms with Crippen LogP contribution in [0.1, 0.15) is 41.7 Å². The second kappa shape index (κ2) is 9.09. The van der Waals surface area contributed by atoms with Crippen molar-refractivity contribution >= 4 is 17.5 Å². The molecule has 8 heteroatoms. The fraction of sp³-hybridized carbons (Fsp3) is 0.458. The largest absolute Gasteiger partial charge is 0.388 e. The van der Waals surface area contributed by atoms with Gasteiger partial charge in [0.25, 0.3) is 0 Å². The molecule has 1 amide bonds. The van der Waals surface area contributed by atoms with Crippen LogP contribution >= 0.6 is 11.6 Å². The second-order valence-corrected chi connectivity index (χ2v) is 8.83. The summed E-state index contributed by atoms with van der Waals surface area (Å²) in [6.45, 7) is 3.54. The van der Waals surface area contributed by atoms with Gasteiger partial charge in [0.05, 0.1) is 6.61 Å². The van der Waals surface area contributed by atoms with Crippen LogP contribution in [-0.4, -0.2) is 52.2 Å². The first-order valence-electron chi connectivity index (χ1n) is 10.7. The molecule has 1 fully saturated rings. The number of carbonyl (C=O) groups is 1. The van der Waals surface area contributed by atoms with E-state index < -0.39 is 30.2 Å². The molecule has 0 bridgehead atoms. The number of halogens is 1. The van der Waals surface area contributed by atoms with Crippen molar-refractivity contribution in [2.75, 3.05) is 6.54 Å². The SMILES string of the molecule is CCc1ccc(Cc2cc3c(cc2Cl)CO[C@]32O[C@H](CNC(C)=O)[C@@H](O)[C@H](O)[C@H]2O)cc1. The minimum atomic E-state index is -1.66. The Morgan fingerprint density at radius 3 is 2.50 bits per heavy atom. The summed E-state index contributed by atoms with van der Waals surface area (Å²) in [5.74, 6) is -1.96. The highest BCUT2D eigenvalue weighted by molar-refractivity contribution is 6.31. The van der Waals surface area contributed by atoms with E-state index in [9.17, 15) is 20.1 Å². The Hall–Kier alpha value is -2.00. The van der Waals surface area contributed by atoms with Crippen molar-refractivity contribution in [2.45, 2.75) is 63.5 Å². The average Bonchev–Trinajstić information content (AvgIpc) is 3.12. The molecule has 2 aromatic carbocycles. The third kappa shape index (κ3) is 4.17. The Morgan fingerprint density at radius 1 is 1.16 bits per heavy atom. The van der Waals surface area contributed by atoms with Gasteiger partial charge in [0.15, 0.2) is 0 Å². The third-order valence-electron chi connectivity index (χ3n) is 6.24. The third-order valence-corrected chi connectivity index (χ3v) is 6.59. The smallest absolute Gasteiger partial charge is 0.225 e. The number of aliphatic hydroxyl groups excluding tert-OH is 3. The Balaban J connectivity index is 1.67. The average molecular weight is 462 g/mol. The summed E-state index contributed by atoms with van der Waals surface area (Å²) in [7, 11) is 0. The number of ether oxygens (including phenoxy) is 2. The second-order valence-electron chi connectivity index (χ2n) is 8.42. The summed E-state index contributed by atoms with van der Waals surface area (Å²) >= 11 is 6.55. The first-order chi connectivity index (χ1) is 15.2. The van der Waals surface area contributed by atoms with E-state index in [-0.39, 0.29) is 19.1 Å². The minimum Gasteiger partial charge on any atom is -0.388 e. The number of aryl methyl sites for hydroxylation is 1. The molecule has 1 saturated heterocycles. The predicted octanol–water partition coefficient (Wildman–Crippen LogP) is 1.79. The van der Waals surface area contributed by atoms with Crippen LogP contribution in [0, 0.1) is 0 Å². The highest BCUT2D eigenvalue weighted by atomic mass is 35.5. The van der Waals surface area contributed by atoms with E-state index >= 15 is 0 Å². The lowest BCUT2D eigenvalue weighted by atomic mass is 9.86.